The van der Waals surface area contributed by atoms with Crippen LogP contribution >= 0.6 is 11.3 Å². The van der Waals surface area contributed by atoms with Gasteiger partial charge in [0.05, 0.1) is 64.8 Å². The van der Waals surface area contributed by atoms with Crippen LogP contribution in [0.15, 0.2) is 29.8 Å². The molecule has 14 nitrogen and oxygen atoms in total. The van der Waals surface area contributed by atoms with Gasteiger partial charge < -0.3 is 24.3 Å². The highest BCUT2D eigenvalue weighted by Gasteiger charge is 2.39. The van der Waals surface area contributed by atoms with E-state index in [1.807, 2.05) is 18.7 Å². The number of fused-ring (bicyclic) bond motifs is 6. The average molecular weight is 996 g/mol. The van der Waals surface area contributed by atoms with E-state index in [0.29, 0.717) is 29.1 Å². The first-order valence-electron chi connectivity index (χ1n) is 23.0. The lowest BCUT2D eigenvalue weighted by Crippen LogP contribution is -2.61. The van der Waals surface area contributed by atoms with Gasteiger partial charge in [-0.15, -0.1) is 11.3 Å². The van der Waals surface area contributed by atoms with Crippen LogP contribution in [-0.2, 0) is 43.2 Å². The van der Waals surface area contributed by atoms with E-state index in [2.05, 4.69) is 10.7 Å². The number of methoxy groups -OCH3 is 1. The Morgan fingerprint density at radius 2 is 1.71 bits per heavy atom. The molecule has 378 valence electrons. The van der Waals surface area contributed by atoms with Crippen molar-refractivity contribution in [3.63, 3.8) is 0 Å². The Balaban J connectivity index is 1.41. The van der Waals surface area contributed by atoms with Crippen molar-refractivity contribution in [3.8, 4) is 22.5 Å². The molecule has 2 N–H and O–H groups in total. The van der Waals surface area contributed by atoms with Crippen LogP contribution in [0.5, 0.6) is 0 Å². The van der Waals surface area contributed by atoms with Gasteiger partial charge in [0.25, 0.3) is 5.91 Å². The molecule has 3 aliphatic rings. The number of hydrogen-bond acceptors (Lipinski definition) is 12. The lowest BCUT2D eigenvalue weighted by Gasteiger charge is -2.36. The maximum Gasteiger partial charge on any atom is 0.406 e. The minimum Gasteiger partial charge on any atom is -0.464 e. The Kier molecular flexibility index (Phi) is 15.4. The molecular weight excluding hydrogens is 936 g/mol. The number of aromatic nitrogens is 3. The topological polar surface area (TPSA) is 137 Å². The second-order valence-electron chi connectivity index (χ2n) is 19.6. The van der Waals surface area contributed by atoms with E-state index in [-0.39, 0.29) is 97.2 Å². The number of likely N-dealkylation sites (N-methyl/N-ethyl adjacent to an activating group) is 1. The number of piperazine rings is 1. The highest BCUT2D eigenvalue weighted by Crippen LogP contribution is 2.45. The second-order valence-corrected chi connectivity index (χ2v) is 20.5. The Morgan fingerprint density at radius 1 is 1.01 bits per heavy atom. The molecule has 6 bridgehead atoms. The molecule has 2 unspecified atom stereocenters. The van der Waals surface area contributed by atoms with Gasteiger partial charge in [-0.2, -0.15) is 26.3 Å². The van der Waals surface area contributed by atoms with Gasteiger partial charge in [0.1, 0.15) is 24.4 Å². The number of pyridine rings is 1. The summed E-state index contributed by atoms with van der Waals surface area (Å²) in [5.41, 5.74) is 3.46. The summed E-state index contributed by atoms with van der Waals surface area (Å²) >= 11 is 1.12. The summed E-state index contributed by atoms with van der Waals surface area (Å²) in [6, 6.07) is 1.47. The van der Waals surface area contributed by atoms with Crippen LogP contribution in [-0.4, -0.2) is 145 Å². The molecule has 7 rings (SSSR count). The predicted molar refractivity (Wildman–Crippen MR) is 247 cm³/mol. The van der Waals surface area contributed by atoms with Crippen LogP contribution in [0.4, 0.5) is 36.4 Å². The summed E-state index contributed by atoms with van der Waals surface area (Å²) in [6.07, 6.45) is -7.79. The van der Waals surface area contributed by atoms with Crippen molar-refractivity contribution >= 4 is 45.7 Å². The average Bonchev–Trinajstić information content (AvgIpc) is 3.84. The number of benzene rings is 1. The Morgan fingerprint density at radius 3 is 2.35 bits per heavy atom. The number of amides is 2. The fraction of sp³-hybridized carbons (Fsp3) is 0.596. The molecule has 4 atom stereocenters. The third-order valence-electron chi connectivity index (χ3n) is 12.9. The van der Waals surface area contributed by atoms with Crippen molar-refractivity contribution < 1.29 is 54.6 Å². The molecule has 69 heavy (non-hydrogen) atoms. The fourth-order valence-corrected chi connectivity index (χ4v) is 10.5. The quantitative estimate of drug-likeness (QED) is 0.124. The molecule has 22 heteroatoms. The highest BCUT2D eigenvalue weighted by molar-refractivity contribution is 7.10. The van der Waals surface area contributed by atoms with Crippen molar-refractivity contribution in [1.82, 2.24) is 40.1 Å². The smallest absolute Gasteiger partial charge is 0.406 e. The molecule has 1 aromatic carbocycles. The van der Waals surface area contributed by atoms with Gasteiger partial charge >= 0.3 is 18.3 Å². The molecular formula is C47H60F7N9O5S. The van der Waals surface area contributed by atoms with E-state index in [0.717, 1.165) is 22.0 Å². The lowest BCUT2D eigenvalue weighted by atomic mass is 9.84. The van der Waals surface area contributed by atoms with Crippen molar-refractivity contribution in [3.05, 3.63) is 51.9 Å². The van der Waals surface area contributed by atoms with Gasteiger partial charge in [0.2, 0.25) is 5.91 Å². The first kappa shape index (κ1) is 51.9. The zero-order chi connectivity index (χ0) is 50.3. The zero-order valence-corrected chi connectivity index (χ0v) is 40.8. The zero-order valence-electron chi connectivity index (χ0n) is 40.0. The van der Waals surface area contributed by atoms with Crippen LogP contribution < -0.4 is 15.6 Å². The molecule has 3 aromatic heterocycles. The number of anilines is 1. The molecule has 0 saturated carbocycles. The van der Waals surface area contributed by atoms with Gasteiger partial charge in [0, 0.05) is 73.6 Å². The number of esters is 1. The number of hydrogen-bond donors (Lipinski definition) is 2. The van der Waals surface area contributed by atoms with Crippen molar-refractivity contribution in [1.29, 1.82) is 0 Å². The van der Waals surface area contributed by atoms with E-state index < -0.39 is 78.7 Å². The summed E-state index contributed by atoms with van der Waals surface area (Å²) in [6.45, 7) is 6.94. The molecule has 0 aliphatic carbocycles. The van der Waals surface area contributed by atoms with E-state index in [4.69, 9.17) is 19.4 Å². The number of rotatable bonds is 10. The van der Waals surface area contributed by atoms with Gasteiger partial charge in [0.15, 0.2) is 0 Å². The largest absolute Gasteiger partial charge is 0.464 e. The highest BCUT2D eigenvalue weighted by atomic mass is 32.1. The third-order valence-corrected chi connectivity index (χ3v) is 13.8. The number of halogens is 7. The molecule has 3 aliphatic heterocycles. The minimum absolute atomic E-state index is 0.0000897. The van der Waals surface area contributed by atoms with Gasteiger partial charge in [-0.3, -0.25) is 34.2 Å². The van der Waals surface area contributed by atoms with Crippen molar-refractivity contribution in [2.45, 2.75) is 103 Å². The van der Waals surface area contributed by atoms with Crippen molar-refractivity contribution in [2.75, 3.05) is 72.0 Å². The summed E-state index contributed by atoms with van der Waals surface area (Å²) in [4.78, 5) is 56.4. The number of thiazole rings is 1. The normalized spacial score (nSPS) is 20.9. The molecule has 2 saturated heterocycles. The van der Waals surface area contributed by atoms with Gasteiger partial charge in [-0.25, -0.2) is 14.8 Å². The third kappa shape index (κ3) is 12.0. The number of nitrogens with zero attached hydrogens (tertiary/aromatic N) is 7. The molecule has 2 amide bonds. The van der Waals surface area contributed by atoms with Gasteiger partial charge in [-0.1, -0.05) is 27.7 Å². The summed E-state index contributed by atoms with van der Waals surface area (Å²) in [7, 11) is 4.94. The van der Waals surface area contributed by atoms with Gasteiger partial charge in [-0.05, 0) is 70.0 Å². The standard InChI is InChI=1S/C47H60F7N9O5S/c1-26(2)40(59(6)7)42(64)57-35-19-38-56-36(22-69-38)30-17-29-32(20-45(4,5)25-68-44(66)34-10-9-11-63(58-34)43(35)65)41(62(24-47(52,53)54)37(29)18-33(30)48)31-16-28(21-55-39(31)27(3)67-8)61-14-12-60(13-15-61)23-46(49,50)51/h16-18,21-22,26-27,34-35,40,58H,9-15,19-20,23-25H2,1-8H3,(H,57,64)/t27?,34?,35-,40-/m0/s1. The Labute approximate surface area is 400 Å². The van der Waals surface area contributed by atoms with E-state index in [1.54, 1.807) is 51.2 Å². The SMILES string of the molecule is COC(C)c1ncc(N2CCN(CC(F)(F)F)CC2)cc1-c1c2c3cc(c(F)cc3n1CC(F)(F)F)-c1csc(n1)C[C@H](NC(=O)[C@H](C(C)C)N(C)C)C(=O)N1CCCC(N1)C(=O)OCC(C)(C)C2. The van der Waals surface area contributed by atoms with Crippen LogP contribution in [0.25, 0.3) is 33.4 Å². The first-order valence-corrected chi connectivity index (χ1v) is 23.8. The number of hydrazine groups is 1. The monoisotopic (exact) mass is 995 g/mol. The molecule has 0 radical (unpaired) electrons. The van der Waals surface area contributed by atoms with E-state index in [9.17, 15) is 40.7 Å². The Bertz CT molecular complexity index is 2510. The molecule has 6 heterocycles. The summed E-state index contributed by atoms with van der Waals surface area (Å²) in [5, 5.41) is 6.43. The second kappa shape index (κ2) is 20.4. The first-order chi connectivity index (χ1) is 32.3. The number of cyclic esters (lactones) is 1. The Hall–Kier alpha value is -4.90. The van der Waals surface area contributed by atoms with Crippen LogP contribution in [0, 0.1) is 17.2 Å². The fourth-order valence-electron chi connectivity index (χ4n) is 9.64. The molecule has 0 spiro atoms. The summed E-state index contributed by atoms with van der Waals surface area (Å²) in [5.74, 6) is -2.58. The number of ether oxygens (including phenoxy) is 2. The van der Waals surface area contributed by atoms with E-state index in [1.165, 1.54) is 29.3 Å². The predicted octanol–water partition coefficient (Wildman–Crippen LogP) is 7.15. The maximum absolute atomic E-state index is 16.8. The lowest BCUT2D eigenvalue weighted by molar-refractivity contribution is -0.155. The minimum atomic E-state index is -4.81. The van der Waals surface area contributed by atoms with Crippen molar-refractivity contribution in [2.24, 2.45) is 11.3 Å². The number of nitrogens with one attached hydrogen (secondary N) is 2. The maximum atomic E-state index is 16.8. The summed E-state index contributed by atoms with van der Waals surface area (Å²) < 4.78 is 114. The number of carbonyl (C=O) groups excluding carboxylic acids is 3. The molecule has 4 aromatic rings. The molecule has 2 fully saturated rings. The van der Waals surface area contributed by atoms with Crippen LogP contribution in [0.1, 0.15) is 69.8 Å². The van der Waals surface area contributed by atoms with Crippen LogP contribution in [0.2, 0.25) is 0 Å². The van der Waals surface area contributed by atoms with E-state index >= 15 is 4.39 Å². The van der Waals surface area contributed by atoms with Crippen LogP contribution in [0.3, 0.4) is 0 Å². The number of carbonyl (C=O) groups is 3. The number of alkyl halides is 6.